The average molecular weight is 282 g/mol. The lowest BCUT2D eigenvalue weighted by atomic mass is 10.2. The van der Waals surface area contributed by atoms with Gasteiger partial charge in [-0.15, -0.1) is 9.24 Å². The number of hydrogen-bond acceptors (Lipinski definition) is 2. The number of nitrogens with zero attached hydrogens (tertiary/aromatic N) is 2. The number of aromatic nitrogens is 2. The van der Waals surface area contributed by atoms with Crippen molar-refractivity contribution in [2.45, 2.75) is 13.3 Å². The van der Waals surface area contributed by atoms with Gasteiger partial charge in [0.2, 0.25) is 0 Å². The van der Waals surface area contributed by atoms with E-state index >= 15 is 0 Å². The van der Waals surface area contributed by atoms with Crippen LogP contribution in [0.4, 0.5) is 0 Å². The highest BCUT2D eigenvalue weighted by atomic mass is 31.0. The van der Waals surface area contributed by atoms with Crippen molar-refractivity contribution in [3.8, 4) is 5.69 Å². The summed E-state index contributed by atoms with van der Waals surface area (Å²) >= 11 is 0. The molecule has 0 N–H and O–H groups in total. The number of rotatable bonds is 2. The van der Waals surface area contributed by atoms with Crippen molar-refractivity contribution in [1.82, 2.24) is 9.55 Å². The molecule has 0 radical (unpaired) electrons. The summed E-state index contributed by atoms with van der Waals surface area (Å²) in [5, 5.41) is 1.64. The molecule has 0 aliphatic heterocycles. The topological polar surface area (TPSA) is 34.9 Å². The van der Waals surface area contributed by atoms with Gasteiger partial charge >= 0.3 is 0 Å². The Bertz CT molecular complexity index is 825. The van der Waals surface area contributed by atoms with Crippen molar-refractivity contribution in [3.63, 3.8) is 0 Å². The predicted molar refractivity (Wildman–Crippen MR) is 86.1 cm³/mol. The van der Waals surface area contributed by atoms with Crippen LogP contribution in [-0.2, 0) is 6.42 Å². The second-order valence-corrected chi connectivity index (χ2v) is 5.30. The molecule has 0 fully saturated rings. The molecule has 2 aromatic carbocycles. The van der Waals surface area contributed by atoms with Gasteiger partial charge in [0.1, 0.15) is 5.82 Å². The van der Waals surface area contributed by atoms with Gasteiger partial charge in [0.15, 0.2) is 0 Å². The quantitative estimate of drug-likeness (QED) is 0.677. The molecule has 0 spiro atoms. The molecule has 20 heavy (non-hydrogen) atoms. The van der Waals surface area contributed by atoms with Crippen molar-refractivity contribution in [3.05, 3.63) is 64.7 Å². The smallest absolute Gasteiger partial charge is 0.265 e. The molecule has 0 amide bonds. The summed E-state index contributed by atoms with van der Waals surface area (Å²) in [5.74, 6) is 0.783. The summed E-state index contributed by atoms with van der Waals surface area (Å²) in [7, 11) is 2.62. The predicted octanol–water partition coefficient (Wildman–Crippen LogP) is 2.45. The van der Waals surface area contributed by atoms with E-state index in [-0.39, 0.29) is 5.56 Å². The summed E-state index contributed by atoms with van der Waals surface area (Å²) in [4.78, 5) is 17.4. The zero-order valence-electron chi connectivity index (χ0n) is 11.2. The molecule has 0 aliphatic rings. The van der Waals surface area contributed by atoms with Crippen molar-refractivity contribution >= 4 is 25.4 Å². The Balaban J connectivity index is 2.41. The Morgan fingerprint density at radius 1 is 1.15 bits per heavy atom. The fourth-order valence-electron chi connectivity index (χ4n) is 2.33. The van der Waals surface area contributed by atoms with Crippen LogP contribution in [0.3, 0.4) is 0 Å². The van der Waals surface area contributed by atoms with Crippen molar-refractivity contribution in [1.29, 1.82) is 0 Å². The number of fused-ring (bicyclic) bond motifs is 1. The first-order valence-corrected chi connectivity index (χ1v) is 7.15. The molecule has 100 valence electrons. The van der Waals surface area contributed by atoms with Gasteiger partial charge in [-0.25, -0.2) is 4.98 Å². The van der Waals surface area contributed by atoms with Crippen molar-refractivity contribution in [2.24, 2.45) is 0 Å². The van der Waals surface area contributed by atoms with Gasteiger partial charge in [-0.1, -0.05) is 31.2 Å². The van der Waals surface area contributed by atoms with Gasteiger partial charge in [0.05, 0.1) is 16.6 Å². The molecule has 0 bridgehead atoms. The van der Waals surface area contributed by atoms with Crippen LogP contribution in [0.2, 0.25) is 0 Å². The highest BCUT2D eigenvalue weighted by Gasteiger charge is 2.11. The summed E-state index contributed by atoms with van der Waals surface area (Å²) in [6.45, 7) is 2.01. The van der Waals surface area contributed by atoms with Crippen molar-refractivity contribution < 1.29 is 0 Å². The van der Waals surface area contributed by atoms with Crippen LogP contribution >= 0.6 is 9.24 Å². The minimum absolute atomic E-state index is 0.0117. The zero-order chi connectivity index (χ0) is 14.1. The molecule has 1 atom stereocenters. The minimum Gasteiger partial charge on any atom is -0.268 e. The van der Waals surface area contributed by atoms with E-state index in [1.165, 1.54) is 0 Å². The van der Waals surface area contributed by atoms with Crippen LogP contribution in [0, 0.1) is 0 Å². The average Bonchev–Trinajstić information content (AvgIpc) is 2.48. The maximum Gasteiger partial charge on any atom is 0.265 e. The van der Waals surface area contributed by atoms with Crippen LogP contribution in [0.15, 0.2) is 53.3 Å². The first kappa shape index (κ1) is 13.0. The fourth-order valence-corrected chi connectivity index (χ4v) is 2.59. The van der Waals surface area contributed by atoms with E-state index in [0.717, 1.165) is 22.3 Å². The molecule has 1 unspecified atom stereocenters. The maximum atomic E-state index is 12.8. The van der Waals surface area contributed by atoms with E-state index in [9.17, 15) is 4.79 Å². The SMILES string of the molecule is CCc1nc2ccc(P)cc2c(=O)n1-c1ccccc1. The number of hydrogen-bond donors (Lipinski definition) is 0. The molecule has 1 heterocycles. The van der Waals surface area contributed by atoms with E-state index in [1.54, 1.807) is 4.57 Å². The second-order valence-electron chi connectivity index (χ2n) is 4.63. The van der Waals surface area contributed by atoms with Crippen molar-refractivity contribution in [2.75, 3.05) is 0 Å². The van der Waals surface area contributed by atoms with E-state index in [2.05, 4.69) is 14.2 Å². The summed E-state index contributed by atoms with van der Waals surface area (Å²) < 4.78 is 1.70. The van der Waals surface area contributed by atoms with Crippen LogP contribution in [0.25, 0.3) is 16.6 Å². The first-order chi connectivity index (χ1) is 9.70. The third kappa shape index (κ3) is 2.14. The van der Waals surface area contributed by atoms with Gasteiger partial charge in [-0.2, -0.15) is 0 Å². The molecular weight excluding hydrogens is 267 g/mol. The highest BCUT2D eigenvalue weighted by Crippen LogP contribution is 2.13. The standard InChI is InChI=1S/C16H15N2OP/c1-2-15-17-14-9-8-12(20)10-13(14)16(19)18(15)11-6-4-3-5-7-11/h3-10H,2,20H2,1H3. The highest BCUT2D eigenvalue weighted by molar-refractivity contribution is 7.27. The largest absolute Gasteiger partial charge is 0.268 e. The molecule has 3 aromatic rings. The molecule has 4 heteroatoms. The van der Waals surface area contributed by atoms with Gasteiger partial charge in [0, 0.05) is 6.42 Å². The lowest BCUT2D eigenvalue weighted by Crippen LogP contribution is -2.24. The number of benzene rings is 2. The lowest BCUT2D eigenvalue weighted by Gasteiger charge is -2.12. The van der Waals surface area contributed by atoms with Gasteiger partial charge in [0.25, 0.3) is 5.56 Å². The Labute approximate surface area is 119 Å². The van der Waals surface area contributed by atoms with E-state index in [1.807, 2.05) is 55.5 Å². The third-order valence-corrected chi connectivity index (χ3v) is 3.65. The van der Waals surface area contributed by atoms with Gasteiger partial charge in [-0.3, -0.25) is 9.36 Å². The Kier molecular flexibility index (Phi) is 3.37. The van der Waals surface area contributed by atoms with Crippen LogP contribution < -0.4 is 10.9 Å². The monoisotopic (exact) mass is 282 g/mol. The Hall–Kier alpha value is -1.99. The Morgan fingerprint density at radius 3 is 2.60 bits per heavy atom. The van der Waals surface area contributed by atoms with Crippen LogP contribution in [0.1, 0.15) is 12.7 Å². The molecule has 0 saturated carbocycles. The molecule has 0 saturated heterocycles. The minimum atomic E-state index is -0.0117. The first-order valence-electron chi connectivity index (χ1n) is 6.57. The normalized spacial score (nSPS) is 10.9. The third-order valence-electron chi connectivity index (χ3n) is 3.29. The van der Waals surface area contributed by atoms with E-state index in [4.69, 9.17) is 0 Å². The molecular formula is C16H15N2OP. The molecule has 3 nitrogen and oxygen atoms in total. The molecule has 3 rings (SSSR count). The lowest BCUT2D eigenvalue weighted by molar-refractivity contribution is 0.833. The number of aryl methyl sites for hydroxylation is 1. The van der Waals surface area contributed by atoms with Gasteiger partial charge in [-0.05, 0) is 29.6 Å². The fraction of sp³-hybridized carbons (Fsp3) is 0.125. The summed E-state index contributed by atoms with van der Waals surface area (Å²) in [6.07, 6.45) is 0.711. The molecule has 1 aromatic heterocycles. The van der Waals surface area contributed by atoms with E-state index in [0.29, 0.717) is 11.8 Å². The molecule has 0 aliphatic carbocycles. The summed E-state index contributed by atoms with van der Waals surface area (Å²) in [5.41, 5.74) is 1.60. The van der Waals surface area contributed by atoms with E-state index < -0.39 is 0 Å². The maximum absolute atomic E-state index is 12.8. The second kappa shape index (κ2) is 5.18. The van der Waals surface area contributed by atoms with Crippen LogP contribution in [-0.4, -0.2) is 9.55 Å². The van der Waals surface area contributed by atoms with Crippen LogP contribution in [0.5, 0.6) is 0 Å². The zero-order valence-corrected chi connectivity index (χ0v) is 12.4. The Morgan fingerprint density at radius 2 is 1.90 bits per heavy atom. The summed E-state index contributed by atoms with van der Waals surface area (Å²) in [6, 6.07) is 15.4. The van der Waals surface area contributed by atoms with Gasteiger partial charge < -0.3 is 0 Å². The number of para-hydroxylation sites is 1.